The summed E-state index contributed by atoms with van der Waals surface area (Å²) in [7, 11) is 0. The minimum atomic E-state index is -2.86. The van der Waals surface area contributed by atoms with Crippen LogP contribution in [0, 0.1) is 0 Å². The topological polar surface area (TPSA) is 158 Å². The summed E-state index contributed by atoms with van der Waals surface area (Å²) in [6.07, 6.45) is -2.45. The van der Waals surface area contributed by atoms with Gasteiger partial charge in [-0.05, 0) is 0 Å². The number of carbonyl (C=O) groups excluding carboxylic acids is 2. The summed E-state index contributed by atoms with van der Waals surface area (Å²) in [4.78, 5) is 42.3. The third-order valence-corrected chi connectivity index (χ3v) is 1.64. The van der Waals surface area contributed by atoms with Crippen molar-refractivity contribution < 1.29 is 44.3 Å². The fourth-order valence-corrected chi connectivity index (χ4v) is 0.898. The molecule has 0 saturated carbocycles. The molecular formula is C8H10O9. The molecule has 0 fully saturated rings. The third-order valence-electron chi connectivity index (χ3n) is 1.64. The van der Waals surface area contributed by atoms with Crippen LogP contribution < -0.4 is 0 Å². The number of carboxylic acids is 2. The summed E-state index contributed by atoms with van der Waals surface area (Å²) in [5.74, 6) is -6.36. The fourth-order valence-electron chi connectivity index (χ4n) is 0.898. The fraction of sp³-hybridized carbons (Fsp3) is 0.500. The molecule has 0 aromatic rings. The van der Waals surface area contributed by atoms with Crippen LogP contribution in [0.25, 0.3) is 0 Å². The summed E-state index contributed by atoms with van der Waals surface area (Å²) >= 11 is 0. The average molecular weight is 250 g/mol. The van der Waals surface area contributed by atoms with Crippen LogP contribution >= 0.6 is 0 Å². The van der Waals surface area contributed by atoms with Gasteiger partial charge in [0, 0.05) is 0 Å². The lowest BCUT2D eigenvalue weighted by molar-refractivity contribution is -0.175. The smallest absolute Gasteiger partial charge is 0.339 e. The number of hydrogen-bond acceptors (Lipinski definition) is 7. The van der Waals surface area contributed by atoms with E-state index in [0.717, 1.165) is 0 Å². The zero-order chi connectivity index (χ0) is 13.6. The van der Waals surface area contributed by atoms with Crippen molar-refractivity contribution in [3.63, 3.8) is 0 Å². The number of esters is 2. The molecule has 0 saturated heterocycles. The highest BCUT2D eigenvalue weighted by Gasteiger charge is 2.41. The Morgan fingerprint density at radius 2 is 1.53 bits per heavy atom. The second kappa shape index (κ2) is 5.92. The van der Waals surface area contributed by atoms with Gasteiger partial charge in [0.05, 0.1) is 12.8 Å². The van der Waals surface area contributed by atoms with E-state index in [2.05, 4.69) is 4.74 Å². The molecule has 9 nitrogen and oxygen atoms in total. The molecule has 96 valence electrons. The van der Waals surface area contributed by atoms with E-state index in [0.29, 0.717) is 0 Å². The zero-order valence-corrected chi connectivity index (χ0v) is 8.45. The van der Waals surface area contributed by atoms with E-state index in [-0.39, 0.29) is 0 Å². The lowest BCUT2D eigenvalue weighted by Crippen LogP contribution is -2.43. The summed E-state index contributed by atoms with van der Waals surface area (Å²) in [6, 6.07) is 0. The molecule has 1 unspecified atom stereocenters. The first-order valence-corrected chi connectivity index (χ1v) is 4.23. The molecular weight excluding hydrogens is 240 g/mol. The Morgan fingerprint density at radius 3 is 1.88 bits per heavy atom. The van der Waals surface area contributed by atoms with Crippen molar-refractivity contribution >= 4 is 23.9 Å². The van der Waals surface area contributed by atoms with Crippen LogP contribution in [0.2, 0.25) is 0 Å². The second-order valence-corrected chi connectivity index (χ2v) is 3.09. The molecule has 0 amide bonds. The van der Waals surface area contributed by atoms with Crippen LogP contribution in [-0.4, -0.2) is 56.5 Å². The highest BCUT2D eigenvalue weighted by atomic mass is 16.6. The number of aliphatic carboxylic acids is 2. The van der Waals surface area contributed by atoms with Gasteiger partial charge in [0.1, 0.15) is 6.61 Å². The number of aliphatic hydroxyl groups is 2. The molecule has 0 aliphatic carbocycles. The number of aliphatic hydroxyl groups excluding tert-OH is 1. The minimum absolute atomic E-state index is 1.10. The second-order valence-electron chi connectivity index (χ2n) is 3.09. The van der Waals surface area contributed by atoms with Gasteiger partial charge < -0.3 is 25.2 Å². The van der Waals surface area contributed by atoms with Gasteiger partial charge in [-0.1, -0.05) is 0 Å². The first-order chi connectivity index (χ1) is 7.71. The Kier molecular flexibility index (Phi) is 5.22. The number of ether oxygens (including phenoxy) is 1. The van der Waals surface area contributed by atoms with E-state index in [1.54, 1.807) is 0 Å². The summed E-state index contributed by atoms with van der Waals surface area (Å²) in [6.45, 7) is -1.10. The van der Waals surface area contributed by atoms with Crippen molar-refractivity contribution in [2.24, 2.45) is 0 Å². The van der Waals surface area contributed by atoms with E-state index in [1.807, 2.05) is 0 Å². The predicted octanol–water partition coefficient (Wildman–Crippen LogP) is -2.27. The van der Waals surface area contributed by atoms with E-state index < -0.39 is 48.9 Å². The van der Waals surface area contributed by atoms with Gasteiger partial charge in [0.25, 0.3) is 0 Å². The number of carbonyl (C=O) groups is 4. The highest BCUT2D eigenvalue weighted by Crippen LogP contribution is 2.16. The molecule has 0 heterocycles. The third kappa shape index (κ3) is 5.04. The maximum atomic E-state index is 10.9. The van der Waals surface area contributed by atoms with Gasteiger partial charge in [-0.15, -0.1) is 0 Å². The molecule has 0 rings (SSSR count). The monoisotopic (exact) mass is 250 g/mol. The van der Waals surface area contributed by atoms with Crippen LogP contribution in [0.4, 0.5) is 0 Å². The molecule has 0 aromatic carbocycles. The summed E-state index contributed by atoms with van der Waals surface area (Å²) in [5, 5.41) is 34.5. The van der Waals surface area contributed by atoms with Gasteiger partial charge in [0.2, 0.25) is 0 Å². The minimum Gasteiger partial charge on any atom is -0.481 e. The van der Waals surface area contributed by atoms with Gasteiger partial charge in [0.15, 0.2) is 5.60 Å². The zero-order valence-electron chi connectivity index (χ0n) is 8.45. The van der Waals surface area contributed by atoms with Crippen LogP contribution in [0.3, 0.4) is 0 Å². The highest BCUT2D eigenvalue weighted by molar-refractivity contribution is 5.92. The maximum Gasteiger partial charge on any atom is 0.339 e. The van der Waals surface area contributed by atoms with E-state index in [9.17, 15) is 24.3 Å². The standard InChI is InChI=1S/C8H10O9/c9-3-6(13)17-5(12)2-8(16,7(14)15)1-4(10)11/h9,16H,1-3H2,(H,10,11)(H,14,15). The molecule has 17 heavy (non-hydrogen) atoms. The first-order valence-electron chi connectivity index (χ1n) is 4.23. The molecule has 0 radical (unpaired) electrons. The molecule has 0 aliphatic rings. The summed E-state index contributed by atoms with van der Waals surface area (Å²) < 4.78 is 3.88. The van der Waals surface area contributed by atoms with Gasteiger partial charge in [-0.2, -0.15) is 0 Å². The SMILES string of the molecule is O=C(O)CC(O)(CC(=O)OC(=O)CO)C(=O)O. The van der Waals surface area contributed by atoms with Crippen molar-refractivity contribution in [3.8, 4) is 0 Å². The van der Waals surface area contributed by atoms with Crippen molar-refractivity contribution in [1.82, 2.24) is 0 Å². The van der Waals surface area contributed by atoms with E-state index in [1.165, 1.54) is 0 Å². The number of hydrogen-bond donors (Lipinski definition) is 4. The predicted molar refractivity (Wildman–Crippen MR) is 47.6 cm³/mol. The Labute approximate surface area is 94.2 Å². The van der Waals surface area contributed by atoms with Gasteiger partial charge in [-0.3, -0.25) is 9.59 Å². The lowest BCUT2D eigenvalue weighted by Gasteiger charge is -2.19. The van der Waals surface area contributed by atoms with Crippen LogP contribution in [-0.2, 0) is 23.9 Å². The Bertz CT molecular complexity index is 347. The quantitative estimate of drug-likeness (QED) is 0.301. The average Bonchev–Trinajstić information content (AvgIpc) is 2.15. The Balaban J connectivity index is 4.66. The maximum absolute atomic E-state index is 10.9. The normalized spacial score (nSPS) is 13.5. The molecule has 4 N–H and O–H groups in total. The van der Waals surface area contributed by atoms with E-state index in [4.69, 9.17) is 15.3 Å². The molecule has 0 aliphatic heterocycles. The lowest BCUT2D eigenvalue weighted by atomic mass is 9.96. The molecule has 0 bridgehead atoms. The molecule has 0 spiro atoms. The van der Waals surface area contributed by atoms with Crippen LogP contribution in [0.1, 0.15) is 12.8 Å². The first kappa shape index (κ1) is 15.0. The number of carboxylic acid groups (broad SMARTS) is 2. The van der Waals surface area contributed by atoms with E-state index >= 15 is 0 Å². The van der Waals surface area contributed by atoms with Gasteiger partial charge in [-0.25, -0.2) is 9.59 Å². The molecule has 1 atom stereocenters. The van der Waals surface area contributed by atoms with Crippen molar-refractivity contribution in [2.45, 2.75) is 18.4 Å². The Morgan fingerprint density at radius 1 is 1.00 bits per heavy atom. The molecule has 0 aromatic heterocycles. The van der Waals surface area contributed by atoms with Crippen LogP contribution in [0.5, 0.6) is 0 Å². The Hall–Kier alpha value is -2.00. The summed E-state index contributed by atoms with van der Waals surface area (Å²) in [5.41, 5.74) is -2.86. The van der Waals surface area contributed by atoms with Crippen molar-refractivity contribution in [3.05, 3.63) is 0 Å². The van der Waals surface area contributed by atoms with Gasteiger partial charge >= 0.3 is 23.9 Å². The van der Waals surface area contributed by atoms with Crippen LogP contribution in [0.15, 0.2) is 0 Å². The largest absolute Gasteiger partial charge is 0.481 e. The van der Waals surface area contributed by atoms with Crippen molar-refractivity contribution in [1.29, 1.82) is 0 Å². The molecule has 9 heteroatoms. The van der Waals surface area contributed by atoms with Crippen molar-refractivity contribution in [2.75, 3.05) is 6.61 Å². The number of rotatable bonds is 6.